The molecule has 3 nitrogen and oxygen atoms in total. The Labute approximate surface area is 112 Å². The molecule has 0 saturated carbocycles. The molecule has 1 aliphatic rings. The highest BCUT2D eigenvalue weighted by atomic mass is 32.2. The van der Waals surface area contributed by atoms with Gasteiger partial charge in [-0.3, -0.25) is 4.68 Å². The van der Waals surface area contributed by atoms with Gasteiger partial charge in [0.05, 0.1) is 6.20 Å². The maximum absolute atomic E-state index is 4.23. The average Bonchev–Trinajstić information content (AvgIpc) is 2.92. The molecule has 0 saturated heterocycles. The second-order valence-electron chi connectivity index (χ2n) is 4.68. The Morgan fingerprint density at radius 1 is 1.39 bits per heavy atom. The van der Waals surface area contributed by atoms with Crippen LogP contribution < -0.4 is 5.32 Å². The maximum atomic E-state index is 4.23. The molecule has 0 spiro atoms. The lowest BCUT2D eigenvalue weighted by Crippen LogP contribution is -2.23. The minimum absolute atomic E-state index is 0.436. The number of fused-ring (bicyclic) bond motifs is 1. The molecule has 1 aromatic heterocycles. The van der Waals surface area contributed by atoms with E-state index in [1.807, 2.05) is 36.7 Å². The first-order valence-corrected chi connectivity index (χ1v) is 7.06. The average molecular weight is 259 g/mol. The van der Waals surface area contributed by atoms with Gasteiger partial charge in [-0.2, -0.15) is 5.10 Å². The molecule has 94 valence electrons. The Morgan fingerprint density at radius 3 is 2.94 bits per heavy atom. The molecule has 3 rings (SSSR count). The molecule has 4 heteroatoms. The van der Waals surface area contributed by atoms with Crippen molar-refractivity contribution in [2.75, 3.05) is 7.05 Å². The van der Waals surface area contributed by atoms with Crippen LogP contribution in [-0.2, 0) is 13.5 Å². The normalized spacial score (nSPS) is 22.1. The summed E-state index contributed by atoms with van der Waals surface area (Å²) in [5, 5.41) is 8.24. The van der Waals surface area contributed by atoms with Crippen LogP contribution in [0.3, 0.4) is 0 Å². The zero-order valence-electron chi connectivity index (χ0n) is 10.6. The molecule has 0 fully saturated rings. The minimum Gasteiger partial charge on any atom is -0.312 e. The summed E-state index contributed by atoms with van der Waals surface area (Å²) in [7, 11) is 4.01. The third-order valence-corrected chi connectivity index (χ3v) is 4.69. The summed E-state index contributed by atoms with van der Waals surface area (Å²) in [6, 6.07) is 9.17. The van der Waals surface area contributed by atoms with E-state index in [0.29, 0.717) is 11.3 Å². The number of aromatic nitrogens is 2. The molecule has 18 heavy (non-hydrogen) atoms. The summed E-state index contributed by atoms with van der Waals surface area (Å²) in [6.45, 7) is 0. The minimum atomic E-state index is 0.436. The number of benzene rings is 1. The predicted molar refractivity (Wildman–Crippen MR) is 74.8 cm³/mol. The third-order valence-electron chi connectivity index (χ3n) is 3.46. The molecule has 0 aliphatic heterocycles. The van der Waals surface area contributed by atoms with Crippen LogP contribution in [0.4, 0.5) is 0 Å². The number of hydrogen-bond donors (Lipinski definition) is 1. The lowest BCUT2D eigenvalue weighted by atomic mass is 10.1. The summed E-state index contributed by atoms with van der Waals surface area (Å²) in [6.07, 6.45) is 5.15. The zero-order chi connectivity index (χ0) is 12.5. The van der Waals surface area contributed by atoms with Gasteiger partial charge in [0.2, 0.25) is 0 Å². The van der Waals surface area contributed by atoms with Gasteiger partial charge in [-0.05, 0) is 24.6 Å². The Kier molecular flexibility index (Phi) is 3.14. The van der Waals surface area contributed by atoms with Crippen LogP contribution >= 0.6 is 11.8 Å². The largest absolute Gasteiger partial charge is 0.312 e. The van der Waals surface area contributed by atoms with Crippen molar-refractivity contribution in [3.8, 4) is 0 Å². The molecule has 0 amide bonds. The molecular formula is C14H17N3S. The Morgan fingerprint density at radius 2 is 2.22 bits per heavy atom. The van der Waals surface area contributed by atoms with Gasteiger partial charge in [-0.1, -0.05) is 24.3 Å². The summed E-state index contributed by atoms with van der Waals surface area (Å²) in [4.78, 5) is 1.25. The Hall–Kier alpha value is -1.26. The van der Waals surface area contributed by atoms with E-state index in [4.69, 9.17) is 0 Å². The lowest BCUT2D eigenvalue weighted by molar-refractivity contribution is 0.603. The number of rotatable bonds is 3. The van der Waals surface area contributed by atoms with E-state index in [2.05, 4.69) is 40.9 Å². The lowest BCUT2D eigenvalue weighted by Gasteiger charge is -2.18. The van der Waals surface area contributed by atoms with Gasteiger partial charge in [0.1, 0.15) is 0 Å². The van der Waals surface area contributed by atoms with Crippen LogP contribution in [0.2, 0.25) is 0 Å². The highest BCUT2D eigenvalue weighted by Gasteiger charge is 2.31. The van der Waals surface area contributed by atoms with Gasteiger partial charge in [0, 0.05) is 29.4 Å². The molecule has 1 N–H and O–H groups in total. The predicted octanol–water partition coefficient (Wildman–Crippen LogP) is 2.40. The fourth-order valence-electron chi connectivity index (χ4n) is 2.64. The van der Waals surface area contributed by atoms with Gasteiger partial charge in [-0.25, -0.2) is 0 Å². The van der Waals surface area contributed by atoms with Crippen LogP contribution in [0, 0.1) is 0 Å². The quantitative estimate of drug-likeness (QED) is 0.918. The highest BCUT2D eigenvalue weighted by molar-refractivity contribution is 8.00. The molecule has 0 bridgehead atoms. The second kappa shape index (κ2) is 4.78. The van der Waals surface area contributed by atoms with E-state index >= 15 is 0 Å². The second-order valence-corrected chi connectivity index (χ2v) is 5.99. The number of nitrogens with one attached hydrogen (secondary N) is 1. The number of aryl methyl sites for hydroxylation is 1. The monoisotopic (exact) mass is 259 g/mol. The number of thioether (sulfide) groups is 1. The molecule has 1 heterocycles. The van der Waals surface area contributed by atoms with E-state index in [-0.39, 0.29) is 0 Å². The van der Waals surface area contributed by atoms with E-state index in [1.54, 1.807) is 0 Å². The SMILES string of the molecule is CNC1c2ccccc2CC1Sc1cnn(C)c1. The van der Waals surface area contributed by atoms with Crippen LogP contribution in [0.25, 0.3) is 0 Å². The van der Waals surface area contributed by atoms with Crippen LogP contribution in [0.5, 0.6) is 0 Å². The van der Waals surface area contributed by atoms with E-state index in [1.165, 1.54) is 16.0 Å². The Bertz CT molecular complexity index is 549. The van der Waals surface area contributed by atoms with Crippen molar-refractivity contribution in [2.24, 2.45) is 7.05 Å². The van der Waals surface area contributed by atoms with Crippen molar-refractivity contribution in [1.29, 1.82) is 0 Å². The molecule has 0 radical (unpaired) electrons. The number of nitrogens with zero attached hydrogens (tertiary/aromatic N) is 2. The summed E-state index contributed by atoms with van der Waals surface area (Å²) >= 11 is 1.92. The molecule has 1 aliphatic carbocycles. The van der Waals surface area contributed by atoms with E-state index in [0.717, 1.165) is 6.42 Å². The van der Waals surface area contributed by atoms with Gasteiger partial charge in [0.25, 0.3) is 0 Å². The topological polar surface area (TPSA) is 29.9 Å². The maximum Gasteiger partial charge on any atom is 0.0625 e. The fraction of sp³-hybridized carbons (Fsp3) is 0.357. The number of hydrogen-bond acceptors (Lipinski definition) is 3. The van der Waals surface area contributed by atoms with Crippen molar-refractivity contribution in [2.45, 2.75) is 22.6 Å². The van der Waals surface area contributed by atoms with Crippen molar-refractivity contribution in [3.63, 3.8) is 0 Å². The Balaban J connectivity index is 1.83. The molecule has 2 aromatic rings. The summed E-state index contributed by atoms with van der Waals surface area (Å²) in [5.41, 5.74) is 2.92. The smallest absolute Gasteiger partial charge is 0.0625 e. The zero-order valence-corrected chi connectivity index (χ0v) is 11.4. The summed E-state index contributed by atoms with van der Waals surface area (Å²) in [5.74, 6) is 0. The van der Waals surface area contributed by atoms with Crippen LogP contribution in [-0.4, -0.2) is 22.1 Å². The molecular weight excluding hydrogens is 242 g/mol. The van der Waals surface area contributed by atoms with Crippen molar-refractivity contribution in [3.05, 3.63) is 47.8 Å². The van der Waals surface area contributed by atoms with E-state index < -0.39 is 0 Å². The van der Waals surface area contributed by atoms with Crippen molar-refractivity contribution < 1.29 is 0 Å². The standard InChI is InChI=1S/C14H17N3S/c1-15-14-12-6-4-3-5-10(12)7-13(14)18-11-8-16-17(2)9-11/h3-6,8-9,13-15H,7H2,1-2H3. The van der Waals surface area contributed by atoms with Gasteiger partial charge < -0.3 is 5.32 Å². The first kappa shape index (κ1) is 11.8. The third kappa shape index (κ3) is 2.06. The molecule has 2 atom stereocenters. The first-order chi connectivity index (χ1) is 8.78. The van der Waals surface area contributed by atoms with Gasteiger partial charge >= 0.3 is 0 Å². The van der Waals surface area contributed by atoms with Crippen LogP contribution in [0.1, 0.15) is 17.2 Å². The summed E-state index contributed by atoms with van der Waals surface area (Å²) < 4.78 is 1.86. The molecule has 2 unspecified atom stereocenters. The van der Waals surface area contributed by atoms with E-state index in [9.17, 15) is 0 Å². The molecule has 1 aromatic carbocycles. The highest BCUT2D eigenvalue weighted by Crippen LogP contribution is 2.40. The van der Waals surface area contributed by atoms with Crippen molar-refractivity contribution in [1.82, 2.24) is 15.1 Å². The van der Waals surface area contributed by atoms with Crippen molar-refractivity contribution >= 4 is 11.8 Å². The fourth-order valence-corrected chi connectivity index (χ4v) is 4.00. The first-order valence-electron chi connectivity index (χ1n) is 6.18. The van der Waals surface area contributed by atoms with Gasteiger partial charge in [-0.15, -0.1) is 11.8 Å². The van der Waals surface area contributed by atoms with Crippen LogP contribution in [0.15, 0.2) is 41.6 Å². The van der Waals surface area contributed by atoms with Gasteiger partial charge in [0.15, 0.2) is 0 Å².